The second-order valence-electron chi connectivity index (χ2n) is 8.65. The molecule has 0 saturated carbocycles. The van der Waals surface area contributed by atoms with Gasteiger partial charge in [0.05, 0.1) is 14.1 Å². The maximum Gasteiger partial charge on any atom is 0.362 e. The Morgan fingerprint density at radius 1 is 1.03 bits per heavy atom. The molecule has 0 spiro atoms. The number of carbonyl (C=O) groups is 2. The fourth-order valence-electron chi connectivity index (χ4n) is 3.88. The average Bonchev–Trinajstić information content (AvgIpc) is 2.67. The number of hydrogen-bond acceptors (Lipinski definition) is 3. The molecule has 0 heterocycles. The van der Waals surface area contributed by atoms with Gasteiger partial charge in [-0.25, -0.2) is 4.79 Å². The van der Waals surface area contributed by atoms with Crippen LogP contribution in [0.25, 0.3) is 0 Å². The van der Waals surface area contributed by atoms with Gasteiger partial charge in [0, 0.05) is 12.1 Å². The Bertz CT molecular complexity index is 852. The Hall–Kier alpha value is -2.66. The van der Waals surface area contributed by atoms with E-state index < -0.39 is 0 Å². The third-order valence-electron chi connectivity index (χ3n) is 5.41. The van der Waals surface area contributed by atoms with Gasteiger partial charge in [-0.1, -0.05) is 55.0 Å². The Labute approximate surface area is 180 Å². The molecular weight excluding hydrogens is 376 g/mol. The predicted molar refractivity (Wildman–Crippen MR) is 121 cm³/mol. The lowest BCUT2D eigenvalue weighted by atomic mass is 10.0. The van der Waals surface area contributed by atoms with E-state index in [2.05, 4.69) is 24.4 Å². The van der Waals surface area contributed by atoms with Crippen molar-refractivity contribution in [2.24, 2.45) is 0 Å². The highest BCUT2D eigenvalue weighted by molar-refractivity contribution is 5.95. The summed E-state index contributed by atoms with van der Waals surface area (Å²) in [4.78, 5) is 25.7. The summed E-state index contributed by atoms with van der Waals surface area (Å²) in [6.07, 6.45) is 1.54. The molecule has 1 amide bonds. The second-order valence-corrected chi connectivity index (χ2v) is 8.65. The van der Waals surface area contributed by atoms with E-state index >= 15 is 0 Å². The number of rotatable bonds is 9. The number of benzene rings is 2. The summed E-state index contributed by atoms with van der Waals surface area (Å²) in [6, 6.07) is 13.4. The van der Waals surface area contributed by atoms with Gasteiger partial charge in [0.15, 0.2) is 12.6 Å². The number of amides is 1. The van der Waals surface area contributed by atoms with E-state index in [0.29, 0.717) is 6.42 Å². The number of nitrogens with one attached hydrogen (secondary N) is 1. The average molecular weight is 412 g/mol. The topological polar surface area (TPSA) is 55.4 Å². The summed E-state index contributed by atoms with van der Waals surface area (Å²) < 4.78 is 5.70. The number of carbonyl (C=O) groups excluding carboxylic acids is 2. The monoisotopic (exact) mass is 411 g/mol. The number of esters is 1. The summed E-state index contributed by atoms with van der Waals surface area (Å²) in [5.74, 6) is -0.367. The minimum absolute atomic E-state index is 0.0623. The van der Waals surface area contributed by atoms with Gasteiger partial charge in [0.1, 0.15) is 6.61 Å². The van der Waals surface area contributed by atoms with E-state index in [4.69, 9.17) is 4.74 Å². The third-order valence-corrected chi connectivity index (χ3v) is 5.41. The van der Waals surface area contributed by atoms with Gasteiger partial charge in [-0.05, 0) is 43.9 Å². The largest absolute Gasteiger partial charge is 0.457 e. The first-order valence-electron chi connectivity index (χ1n) is 10.5. The van der Waals surface area contributed by atoms with Crippen molar-refractivity contribution in [2.75, 3.05) is 26.0 Å². The SMILES string of the molecule is CCCC(C(=O)Nc1c(C)cc(C)cc1C)[N+](C)(C)CC(=O)OCc1ccccc1. The molecule has 1 atom stereocenters. The van der Waals surface area contributed by atoms with Crippen LogP contribution in [0, 0.1) is 20.8 Å². The van der Waals surface area contributed by atoms with Crippen LogP contribution in [0.1, 0.15) is 42.0 Å². The minimum Gasteiger partial charge on any atom is -0.457 e. The van der Waals surface area contributed by atoms with Gasteiger partial charge >= 0.3 is 5.97 Å². The molecule has 0 aliphatic heterocycles. The Morgan fingerprint density at radius 3 is 2.20 bits per heavy atom. The highest BCUT2D eigenvalue weighted by atomic mass is 16.5. The van der Waals surface area contributed by atoms with Gasteiger partial charge in [0.25, 0.3) is 5.91 Å². The third kappa shape index (κ3) is 6.42. The van der Waals surface area contributed by atoms with Crippen LogP contribution in [0.4, 0.5) is 5.69 Å². The lowest BCUT2D eigenvalue weighted by molar-refractivity contribution is -0.899. The quantitative estimate of drug-likeness (QED) is 0.487. The van der Waals surface area contributed by atoms with Crippen LogP contribution in [-0.2, 0) is 20.9 Å². The molecule has 30 heavy (non-hydrogen) atoms. The summed E-state index contributed by atoms with van der Waals surface area (Å²) in [5, 5.41) is 3.12. The van der Waals surface area contributed by atoms with Crippen molar-refractivity contribution in [2.45, 2.75) is 53.2 Å². The number of hydrogen-bond donors (Lipinski definition) is 1. The molecular formula is C25H35N2O3+. The number of quaternary nitrogens is 1. The molecule has 0 fully saturated rings. The lowest BCUT2D eigenvalue weighted by Crippen LogP contribution is -2.57. The van der Waals surface area contributed by atoms with Crippen molar-refractivity contribution in [3.05, 3.63) is 64.7 Å². The van der Waals surface area contributed by atoms with Crippen molar-refractivity contribution < 1.29 is 18.8 Å². The van der Waals surface area contributed by atoms with E-state index in [9.17, 15) is 9.59 Å². The van der Waals surface area contributed by atoms with Crippen molar-refractivity contribution in [1.82, 2.24) is 0 Å². The van der Waals surface area contributed by atoms with Crippen LogP contribution in [-0.4, -0.2) is 43.0 Å². The molecule has 5 heteroatoms. The second kappa shape index (κ2) is 10.4. The van der Waals surface area contributed by atoms with Crippen molar-refractivity contribution >= 4 is 17.6 Å². The maximum absolute atomic E-state index is 13.2. The van der Waals surface area contributed by atoms with E-state index in [1.165, 1.54) is 5.56 Å². The Morgan fingerprint density at radius 2 is 1.63 bits per heavy atom. The minimum atomic E-state index is -0.348. The normalized spacial score (nSPS) is 12.3. The molecule has 0 radical (unpaired) electrons. The summed E-state index contributed by atoms with van der Waals surface area (Å²) in [5.41, 5.74) is 5.07. The molecule has 0 bridgehead atoms. The van der Waals surface area contributed by atoms with E-state index in [1.54, 1.807) is 0 Å². The van der Waals surface area contributed by atoms with Crippen molar-refractivity contribution in [3.8, 4) is 0 Å². The molecule has 1 unspecified atom stereocenters. The highest BCUT2D eigenvalue weighted by Crippen LogP contribution is 2.24. The van der Waals surface area contributed by atoms with Crippen molar-refractivity contribution in [1.29, 1.82) is 0 Å². The number of nitrogens with zero attached hydrogens (tertiary/aromatic N) is 1. The molecule has 1 N–H and O–H groups in total. The van der Waals surface area contributed by atoms with E-state index in [-0.39, 0.29) is 35.6 Å². The molecule has 0 aliphatic rings. The number of aryl methyl sites for hydroxylation is 3. The molecule has 0 aliphatic carbocycles. The van der Waals surface area contributed by atoms with Crippen LogP contribution in [0.2, 0.25) is 0 Å². The van der Waals surface area contributed by atoms with Gasteiger partial charge in [-0.2, -0.15) is 0 Å². The fraction of sp³-hybridized carbons (Fsp3) is 0.440. The molecule has 0 saturated heterocycles. The maximum atomic E-state index is 13.2. The Balaban J connectivity index is 2.08. The smallest absolute Gasteiger partial charge is 0.362 e. The molecule has 5 nitrogen and oxygen atoms in total. The summed E-state index contributed by atoms with van der Waals surface area (Å²) in [7, 11) is 3.83. The first-order valence-corrected chi connectivity index (χ1v) is 10.5. The summed E-state index contributed by atoms with van der Waals surface area (Å²) in [6.45, 7) is 8.49. The Kier molecular flexibility index (Phi) is 8.18. The van der Waals surface area contributed by atoms with Crippen molar-refractivity contribution in [3.63, 3.8) is 0 Å². The summed E-state index contributed by atoms with van der Waals surface area (Å²) >= 11 is 0. The standard InChI is InChI=1S/C25H34N2O3/c1-7-11-22(25(29)26-24-19(3)14-18(2)15-20(24)4)27(5,6)16-23(28)30-17-21-12-9-8-10-13-21/h8-10,12-15,22H,7,11,16-17H2,1-6H3/p+1. The predicted octanol–water partition coefficient (Wildman–Crippen LogP) is 4.54. The van der Waals surface area contributed by atoms with Crippen LogP contribution >= 0.6 is 0 Å². The molecule has 2 rings (SSSR count). The van der Waals surface area contributed by atoms with Gasteiger partial charge in [-0.15, -0.1) is 0 Å². The van der Waals surface area contributed by atoms with Crippen LogP contribution in [0.5, 0.6) is 0 Å². The molecule has 2 aromatic carbocycles. The highest BCUT2D eigenvalue weighted by Gasteiger charge is 2.36. The van der Waals surface area contributed by atoms with Gasteiger partial charge < -0.3 is 14.5 Å². The van der Waals surface area contributed by atoms with E-state index in [1.807, 2.05) is 65.2 Å². The van der Waals surface area contributed by atoms with E-state index in [0.717, 1.165) is 28.8 Å². The molecule has 0 aromatic heterocycles. The number of ether oxygens (including phenoxy) is 1. The first-order chi connectivity index (χ1) is 14.1. The fourth-order valence-corrected chi connectivity index (χ4v) is 3.88. The molecule has 2 aromatic rings. The number of anilines is 1. The number of likely N-dealkylation sites (N-methyl/N-ethyl adjacent to an activating group) is 1. The zero-order chi connectivity index (χ0) is 22.3. The van der Waals surface area contributed by atoms with Gasteiger partial charge in [-0.3, -0.25) is 4.79 Å². The zero-order valence-electron chi connectivity index (χ0n) is 19.1. The van der Waals surface area contributed by atoms with Crippen LogP contribution in [0.3, 0.4) is 0 Å². The van der Waals surface area contributed by atoms with Gasteiger partial charge in [0.2, 0.25) is 0 Å². The van der Waals surface area contributed by atoms with Crippen LogP contribution in [0.15, 0.2) is 42.5 Å². The molecule has 162 valence electrons. The van der Waals surface area contributed by atoms with Crippen LogP contribution < -0.4 is 5.32 Å². The first kappa shape index (κ1) is 23.6. The lowest BCUT2D eigenvalue weighted by Gasteiger charge is -2.36. The zero-order valence-corrected chi connectivity index (χ0v) is 19.1.